The van der Waals surface area contributed by atoms with E-state index >= 15 is 0 Å². The van der Waals surface area contributed by atoms with Crippen molar-refractivity contribution in [2.45, 2.75) is 31.4 Å². The first kappa shape index (κ1) is 12.3. The second-order valence-corrected chi connectivity index (χ2v) is 5.35. The Kier molecular flexibility index (Phi) is 3.85. The number of likely N-dealkylation sites (N-methyl/N-ethyl adjacent to an activating group) is 1. The van der Waals surface area contributed by atoms with Crippen LogP contribution in [0.1, 0.15) is 19.8 Å². The quantitative estimate of drug-likeness (QED) is 0.728. The van der Waals surface area contributed by atoms with E-state index in [-0.39, 0.29) is 5.54 Å². The molecule has 94 valence electrons. The Bertz CT molecular complexity index is 228. The third-order valence-electron chi connectivity index (χ3n) is 4.19. The molecule has 2 rings (SSSR count). The molecule has 2 unspecified atom stereocenters. The highest BCUT2D eigenvalue weighted by atomic mass is 16.5. The molecule has 2 heterocycles. The second kappa shape index (κ2) is 5.00. The molecule has 0 radical (unpaired) electrons. The topological polar surface area (TPSA) is 41.7 Å². The predicted octanol–water partition coefficient (Wildman–Crippen LogP) is 0.130. The molecule has 4 heteroatoms. The minimum Gasteiger partial charge on any atom is -0.378 e. The van der Waals surface area contributed by atoms with E-state index in [1.807, 2.05) is 0 Å². The van der Waals surface area contributed by atoms with Crippen molar-refractivity contribution in [2.75, 3.05) is 46.4 Å². The van der Waals surface area contributed by atoms with E-state index in [4.69, 9.17) is 10.5 Å². The fraction of sp³-hybridized carbons (Fsp3) is 1.00. The Morgan fingerprint density at radius 3 is 2.56 bits per heavy atom. The fourth-order valence-corrected chi connectivity index (χ4v) is 3.03. The Labute approximate surface area is 98.7 Å². The van der Waals surface area contributed by atoms with Crippen molar-refractivity contribution in [1.29, 1.82) is 0 Å². The van der Waals surface area contributed by atoms with Gasteiger partial charge in [0.1, 0.15) is 0 Å². The van der Waals surface area contributed by atoms with Crippen molar-refractivity contribution >= 4 is 0 Å². The summed E-state index contributed by atoms with van der Waals surface area (Å²) >= 11 is 0. The third kappa shape index (κ3) is 2.40. The molecule has 0 aliphatic carbocycles. The van der Waals surface area contributed by atoms with Gasteiger partial charge in [-0.2, -0.15) is 0 Å². The van der Waals surface area contributed by atoms with Crippen LogP contribution in [0.4, 0.5) is 0 Å². The van der Waals surface area contributed by atoms with Crippen LogP contribution in [0.25, 0.3) is 0 Å². The number of rotatable bonds is 2. The molecule has 0 aromatic rings. The van der Waals surface area contributed by atoms with Gasteiger partial charge in [-0.25, -0.2) is 0 Å². The van der Waals surface area contributed by atoms with Crippen molar-refractivity contribution in [1.82, 2.24) is 9.80 Å². The first-order valence-electron chi connectivity index (χ1n) is 6.41. The lowest BCUT2D eigenvalue weighted by atomic mass is 9.84. The minimum atomic E-state index is 0.207. The molecule has 0 aromatic heterocycles. The van der Waals surface area contributed by atoms with Crippen LogP contribution in [0.3, 0.4) is 0 Å². The van der Waals surface area contributed by atoms with Gasteiger partial charge in [0, 0.05) is 44.9 Å². The van der Waals surface area contributed by atoms with E-state index < -0.39 is 0 Å². The van der Waals surface area contributed by atoms with Gasteiger partial charge in [-0.05, 0) is 26.8 Å². The molecule has 2 N–H and O–H groups in total. The molecule has 0 aromatic carbocycles. The Hall–Kier alpha value is -0.160. The van der Waals surface area contributed by atoms with Gasteiger partial charge in [0.05, 0.1) is 6.10 Å². The summed E-state index contributed by atoms with van der Waals surface area (Å²) < 4.78 is 5.65. The van der Waals surface area contributed by atoms with E-state index in [0.717, 1.165) is 52.2 Å². The Morgan fingerprint density at radius 1 is 1.31 bits per heavy atom. The van der Waals surface area contributed by atoms with Crippen LogP contribution in [0.5, 0.6) is 0 Å². The van der Waals surface area contributed by atoms with Gasteiger partial charge in [0.15, 0.2) is 0 Å². The number of hydrogen-bond donors (Lipinski definition) is 1. The molecule has 2 aliphatic rings. The maximum atomic E-state index is 6.06. The summed E-state index contributed by atoms with van der Waals surface area (Å²) in [4.78, 5) is 5.00. The summed E-state index contributed by atoms with van der Waals surface area (Å²) in [6.45, 7) is 8.43. The first-order valence-corrected chi connectivity index (χ1v) is 6.41. The molecule has 2 saturated heterocycles. The summed E-state index contributed by atoms with van der Waals surface area (Å²) in [5.41, 5.74) is 6.26. The lowest BCUT2D eigenvalue weighted by Gasteiger charge is -2.50. The van der Waals surface area contributed by atoms with Gasteiger partial charge in [-0.3, -0.25) is 4.90 Å². The van der Waals surface area contributed by atoms with Gasteiger partial charge in [0.25, 0.3) is 0 Å². The largest absolute Gasteiger partial charge is 0.378 e. The van der Waals surface area contributed by atoms with E-state index in [1.54, 1.807) is 0 Å². The van der Waals surface area contributed by atoms with Crippen molar-refractivity contribution in [3.63, 3.8) is 0 Å². The highest BCUT2D eigenvalue weighted by Gasteiger charge is 2.40. The zero-order chi connectivity index (χ0) is 11.6. The molecular weight excluding hydrogens is 202 g/mol. The first-order chi connectivity index (χ1) is 7.66. The molecule has 0 spiro atoms. The third-order valence-corrected chi connectivity index (χ3v) is 4.19. The molecular formula is C12H25N3O. The van der Waals surface area contributed by atoms with Gasteiger partial charge in [-0.1, -0.05) is 0 Å². The zero-order valence-corrected chi connectivity index (χ0v) is 10.6. The van der Waals surface area contributed by atoms with Crippen LogP contribution in [-0.4, -0.2) is 67.8 Å². The van der Waals surface area contributed by atoms with Crippen LogP contribution in [0, 0.1) is 0 Å². The van der Waals surface area contributed by atoms with Crippen molar-refractivity contribution in [2.24, 2.45) is 5.73 Å². The van der Waals surface area contributed by atoms with Crippen molar-refractivity contribution < 1.29 is 4.74 Å². The number of nitrogens with two attached hydrogens (primary N) is 1. The van der Waals surface area contributed by atoms with Crippen LogP contribution >= 0.6 is 0 Å². The summed E-state index contributed by atoms with van der Waals surface area (Å²) in [6, 6.07) is 0. The maximum absolute atomic E-state index is 6.06. The highest BCUT2D eigenvalue weighted by molar-refractivity contribution is 4.97. The molecule has 4 nitrogen and oxygen atoms in total. The van der Waals surface area contributed by atoms with E-state index in [9.17, 15) is 0 Å². The average molecular weight is 227 g/mol. The summed E-state index contributed by atoms with van der Waals surface area (Å²) in [7, 11) is 2.19. The van der Waals surface area contributed by atoms with Crippen LogP contribution in [0.15, 0.2) is 0 Å². The second-order valence-electron chi connectivity index (χ2n) is 5.35. The number of ether oxygens (including phenoxy) is 1. The smallest absolute Gasteiger partial charge is 0.0565 e. The SMILES string of the molecule is CC1CC(CN)(N2CCN(C)CC2)CCO1. The molecule has 2 atom stereocenters. The summed E-state index contributed by atoms with van der Waals surface area (Å²) in [5, 5.41) is 0. The summed E-state index contributed by atoms with van der Waals surface area (Å²) in [6.07, 6.45) is 2.54. The average Bonchev–Trinajstić information content (AvgIpc) is 2.29. The number of nitrogens with zero attached hydrogens (tertiary/aromatic N) is 2. The van der Waals surface area contributed by atoms with Crippen LogP contribution in [0.2, 0.25) is 0 Å². The Balaban J connectivity index is 2.02. The lowest BCUT2D eigenvalue weighted by Crippen LogP contribution is -2.62. The van der Waals surface area contributed by atoms with Gasteiger partial charge < -0.3 is 15.4 Å². The van der Waals surface area contributed by atoms with E-state index in [1.165, 1.54) is 0 Å². The van der Waals surface area contributed by atoms with Gasteiger partial charge in [-0.15, -0.1) is 0 Å². The molecule has 2 aliphatic heterocycles. The minimum absolute atomic E-state index is 0.207. The summed E-state index contributed by atoms with van der Waals surface area (Å²) in [5.74, 6) is 0. The number of piperazine rings is 1. The lowest BCUT2D eigenvalue weighted by molar-refractivity contribution is -0.0737. The van der Waals surface area contributed by atoms with Crippen LogP contribution in [-0.2, 0) is 4.74 Å². The predicted molar refractivity (Wildman–Crippen MR) is 65.5 cm³/mol. The highest BCUT2D eigenvalue weighted by Crippen LogP contribution is 2.30. The Morgan fingerprint density at radius 2 is 2.00 bits per heavy atom. The zero-order valence-electron chi connectivity index (χ0n) is 10.6. The molecule has 2 fully saturated rings. The normalized spacial score (nSPS) is 38.8. The molecule has 0 amide bonds. The van der Waals surface area contributed by atoms with Crippen LogP contribution < -0.4 is 5.73 Å². The monoisotopic (exact) mass is 227 g/mol. The molecule has 16 heavy (non-hydrogen) atoms. The molecule has 0 bridgehead atoms. The maximum Gasteiger partial charge on any atom is 0.0565 e. The van der Waals surface area contributed by atoms with E-state index in [2.05, 4.69) is 23.8 Å². The molecule has 0 saturated carbocycles. The fourth-order valence-electron chi connectivity index (χ4n) is 3.03. The van der Waals surface area contributed by atoms with Gasteiger partial charge in [0.2, 0.25) is 0 Å². The standard InChI is InChI=1S/C12H25N3O/c1-11-9-12(10-13,3-8-16-11)15-6-4-14(2)5-7-15/h11H,3-10,13H2,1-2H3. The number of hydrogen-bond acceptors (Lipinski definition) is 4. The van der Waals surface area contributed by atoms with Crippen molar-refractivity contribution in [3.8, 4) is 0 Å². The van der Waals surface area contributed by atoms with Crippen molar-refractivity contribution in [3.05, 3.63) is 0 Å². The van der Waals surface area contributed by atoms with Gasteiger partial charge >= 0.3 is 0 Å². The van der Waals surface area contributed by atoms with E-state index in [0.29, 0.717) is 6.10 Å².